The Morgan fingerprint density at radius 3 is 1.34 bits per heavy atom. The predicted molar refractivity (Wildman–Crippen MR) is 179 cm³/mol. The summed E-state index contributed by atoms with van der Waals surface area (Å²) in [5, 5.41) is 5.04. The number of aryl methyl sites for hydroxylation is 1. The summed E-state index contributed by atoms with van der Waals surface area (Å²) in [5.74, 6) is -0.749. The summed E-state index contributed by atoms with van der Waals surface area (Å²) in [4.78, 5) is 22.9. The molecule has 0 aliphatic carbocycles. The van der Waals surface area contributed by atoms with Crippen LogP contribution in [0.2, 0.25) is 10.0 Å². The van der Waals surface area contributed by atoms with Gasteiger partial charge in [-0.1, -0.05) is 89.9 Å². The normalized spacial score (nSPS) is 10.5. The van der Waals surface area contributed by atoms with E-state index in [1.165, 1.54) is 30.1 Å². The second-order valence-corrected chi connectivity index (χ2v) is 14.0. The van der Waals surface area contributed by atoms with Crippen LogP contribution in [0.4, 0.5) is 0 Å². The Hall–Kier alpha value is -3.47. The summed E-state index contributed by atoms with van der Waals surface area (Å²) >= 11 is 12.5. The standard InChI is InChI=1S/C27H23ClO2P.C9H9ClO2.BrH/c1-30-27(29)21-17-18-22(26(28)19-21)20-31(23-11-5-2-6-12-23,24-13-7-3-8-14-24)25-15-9-4-10-16-25;1-6-3-4-7(5-8(6)10)9(11)12-2;/h2-19H,20H2,1H3;3-5H,1-2H3;1H/q+1;;/p-1. The van der Waals surface area contributed by atoms with Crippen LogP contribution >= 0.6 is 30.5 Å². The Balaban J connectivity index is 0.000000344. The SMILES string of the molecule is COC(=O)c1ccc(C)c(Cl)c1.COC(=O)c1ccc(C[P+](c2ccccc2)(c2ccccc2)c2ccccc2)c(Cl)c1.[Br-]. The zero-order chi connectivity index (χ0) is 30.8. The van der Waals surface area contributed by atoms with Crippen molar-refractivity contribution >= 4 is 58.3 Å². The number of esters is 2. The van der Waals surface area contributed by atoms with Crippen molar-refractivity contribution in [2.45, 2.75) is 13.1 Å². The molecule has 4 nitrogen and oxygen atoms in total. The highest BCUT2D eigenvalue weighted by molar-refractivity contribution is 7.95. The lowest BCUT2D eigenvalue weighted by atomic mass is 10.1. The van der Waals surface area contributed by atoms with Gasteiger partial charge in [-0.3, -0.25) is 0 Å². The molecule has 0 aliphatic rings. The third kappa shape index (κ3) is 8.16. The number of benzene rings is 5. The van der Waals surface area contributed by atoms with Crippen LogP contribution in [0.1, 0.15) is 31.8 Å². The van der Waals surface area contributed by atoms with E-state index in [0.29, 0.717) is 21.2 Å². The van der Waals surface area contributed by atoms with Crippen LogP contribution < -0.4 is 32.9 Å². The smallest absolute Gasteiger partial charge is 0.337 e. The van der Waals surface area contributed by atoms with Crippen molar-refractivity contribution in [2.24, 2.45) is 0 Å². The van der Waals surface area contributed by atoms with Gasteiger partial charge in [-0.15, -0.1) is 0 Å². The van der Waals surface area contributed by atoms with E-state index in [1.807, 2.05) is 31.2 Å². The van der Waals surface area contributed by atoms with Crippen LogP contribution in [-0.2, 0) is 15.6 Å². The van der Waals surface area contributed by atoms with E-state index in [4.69, 9.17) is 27.9 Å². The van der Waals surface area contributed by atoms with Crippen molar-refractivity contribution in [3.8, 4) is 0 Å². The first-order valence-corrected chi connectivity index (χ1v) is 16.3. The zero-order valence-electron chi connectivity index (χ0n) is 24.5. The minimum absolute atomic E-state index is 0. The van der Waals surface area contributed by atoms with E-state index >= 15 is 0 Å². The molecule has 0 aliphatic heterocycles. The van der Waals surface area contributed by atoms with Gasteiger partial charge < -0.3 is 26.5 Å². The first-order valence-electron chi connectivity index (χ1n) is 13.6. The van der Waals surface area contributed by atoms with Crippen molar-refractivity contribution in [3.63, 3.8) is 0 Å². The Morgan fingerprint density at radius 1 is 0.591 bits per heavy atom. The minimum atomic E-state index is -2.05. The predicted octanol–water partition coefficient (Wildman–Crippen LogP) is 5.06. The fraction of sp³-hybridized carbons (Fsp3) is 0.111. The van der Waals surface area contributed by atoms with Gasteiger partial charge in [0.2, 0.25) is 0 Å². The van der Waals surface area contributed by atoms with Crippen LogP contribution in [0.15, 0.2) is 127 Å². The highest BCUT2D eigenvalue weighted by Crippen LogP contribution is 2.58. The third-order valence-corrected chi connectivity index (χ3v) is 12.2. The molecule has 0 heterocycles. The van der Waals surface area contributed by atoms with E-state index in [2.05, 4.69) is 77.5 Å². The number of rotatable bonds is 7. The van der Waals surface area contributed by atoms with Crippen LogP contribution in [-0.4, -0.2) is 26.2 Å². The summed E-state index contributed by atoms with van der Waals surface area (Å²) < 4.78 is 9.38. The van der Waals surface area contributed by atoms with Gasteiger partial charge in [-0.2, -0.15) is 0 Å². The highest BCUT2D eigenvalue weighted by atomic mass is 79.9. The first-order chi connectivity index (χ1) is 20.8. The number of carbonyl (C=O) groups is 2. The van der Waals surface area contributed by atoms with Gasteiger partial charge in [-0.25, -0.2) is 9.59 Å². The summed E-state index contributed by atoms with van der Waals surface area (Å²) in [6.07, 6.45) is 0.755. The number of hydrogen-bond acceptors (Lipinski definition) is 4. The molecule has 0 fully saturated rings. The Kier molecular flexibility index (Phi) is 13.2. The monoisotopic (exact) mass is 708 g/mol. The Morgan fingerprint density at radius 2 is 0.977 bits per heavy atom. The molecule has 5 rings (SSSR count). The topological polar surface area (TPSA) is 52.6 Å². The van der Waals surface area contributed by atoms with Crippen molar-refractivity contribution in [1.82, 2.24) is 0 Å². The number of hydrogen-bond donors (Lipinski definition) is 0. The number of ether oxygens (including phenoxy) is 2. The largest absolute Gasteiger partial charge is 1.00 e. The summed E-state index contributed by atoms with van der Waals surface area (Å²) in [6.45, 7) is 1.88. The summed E-state index contributed by atoms with van der Waals surface area (Å²) in [5.41, 5.74) is 2.90. The molecule has 0 radical (unpaired) electrons. The van der Waals surface area contributed by atoms with E-state index < -0.39 is 7.26 Å². The molecule has 0 bridgehead atoms. The lowest BCUT2D eigenvalue weighted by Crippen LogP contribution is -3.00. The van der Waals surface area contributed by atoms with Crippen molar-refractivity contribution in [1.29, 1.82) is 0 Å². The van der Waals surface area contributed by atoms with Gasteiger partial charge in [0, 0.05) is 15.6 Å². The van der Waals surface area contributed by atoms with Crippen molar-refractivity contribution in [3.05, 3.63) is 160 Å². The first kappa shape index (κ1) is 35.0. The van der Waals surface area contributed by atoms with Crippen LogP contribution in [0.3, 0.4) is 0 Å². The molecule has 5 aromatic carbocycles. The van der Waals surface area contributed by atoms with Crippen LogP contribution in [0.25, 0.3) is 0 Å². The molecule has 0 atom stereocenters. The fourth-order valence-corrected chi connectivity index (χ4v) is 9.58. The molecule has 0 N–H and O–H groups in total. The quantitative estimate of drug-likeness (QED) is 0.175. The molecule has 44 heavy (non-hydrogen) atoms. The number of halogens is 3. The molecule has 5 aromatic rings. The van der Waals surface area contributed by atoms with E-state index in [-0.39, 0.29) is 28.9 Å². The molecule has 226 valence electrons. The van der Waals surface area contributed by atoms with Gasteiger partial charge in [0.1, 0.15) is 23.2 Å². The lowest BCUT2D eigenvalue weighted by Gasteiger charge is -2.28. The molecule has 8 heteroatoms. The second-order valence-electron chi connectivity index (χ2n) is 9.73. The molecule has 0 saturated heterocycles. The number of carbonyl (C=O) groups excluding carboxylic acids is 2. The Labute approximate surface area is 280 Å². The Bertz CT molecular complexity index is 1590. The second kappa shape index (κ2) is 16.6. The molecular formula is C36H32BrCl2O4P. The third-order valence-electron chi connectivity index (χ3n) is 7.07. The molecule has 0 spiro atoms. The van der Waals surface area contributed by atoms with Gasteiger partial charge in [0.05, 0.1) is 31.5 Å². The average molecular weight is 710 g/mol. The van der Waals surface area contributed by atoms with Crippen molar-refractivity contribution in [2.75, 3.05) is 14.2 Å². The maximum atomic E-state index is 12.0. The zero-order valence-corrected chi connectivity index (χ0v) is 28.5. The summed E-state index contributed by atoms with van der Waals surface area (Å²) in [7, 11) is 0.671. The average Bonchev–Trinajstić information content (AvgIpc) is 3.06. The maximum absolute atomic E-state index is 12.0. The van der Waals surface area contributed by atoms with E-state index in [1.54, 1.807) is 30.3 Å². The van der Waals surface area contributed by atoms with Crippen LogP contribution in [0, 0.1) is 6.92 Å². The molecule has 0 saturated carbocycles. The van der Waals surface area contributed by atoms with E-state index in [9.17, 15) is 9.59 Å². The fourth-order valence-electron chi connectivity index (χ4n) is 4.78. The van der Waals surface area contributed by atoms with E-state index in [0.717, 1.165) is 17.3 Å². The lowest BCUT2D eigenvalue weighted by molar-refractivity contribution is -0.0000369. The molecule has 0 aromatic heterocycles. The highest BCUT2D eigenvalue weighted by Gasteiger charge is 2.45. The maximum Gasteiger partial charge on any atom is 0.337 e. The van der Waals surface area contributed by atoms with Crippen LogP contribution in [0.5, 0.6) is 0 Å². The molecule has 0 unspecified atom stereocenters. The van der Waals surface area contributed by atoms with Gasteiger partial charge >= 0.3 is 11.9 Å². The molecular weight excluding hydrogens is 678 g/mol. The minimum Gasteiger partial charge on any atom is -1.00 e. The van der Waals surface area contributed by atoms with Crippen molar-refractivity contribution < 1.29 is 36.0 Å². The molecule has 0 amide bonds. The van der Waals surface area contributed by atoms with Gasteiger partial charge in [-0.05, 0) is 73.2 Å². The summed E-state index contributed by atoms with van der Waals surface area (Å²) in [6, 6.07) is 42.5. The number of methoxy groups -OCH3 is 2. The van der Waals surface area contributed by atoms with Gasteiger partial charge in [0.25, 0.3) is 0 Å². The van der Waals surface area contributed by atoms with Gasteiger partial charge in [0.15, 0.2) is 0 Å².